The standard InChI is InChI=1S/C9H15N3O4S/c1-7-9(13,2-3-16-7)6-12-17(14,15)8-4-10-11-5-8/h4-5,7,12-13H,2-3,6H2,1H3,(H,10,11). The van der Waals surface area contributed by atoms with Crippen molar-refractivity contribution in [2.45, 2.75) is 29.9 Å². The van der Waals surface area contributed by atoms with Crippen LogP contribution in [0.25, 0.3) is 0 Å². The minimum atomic E-state index is -3.63. The molecule has 1 aromatic rings. The van der Waals surface area contributed by atoms with E-state index < -0.39 is 15.6 Å². The summed E-state index contributed by atoms with van der Waals surface area (Å²) in [5.74, 6) is 0. The molecule has 0 radical (unpaired) electrons. The van der Waals surface area contributed by atoms with Crippen molar-refractivity contribution in [2.75, 3.05) is 13.2 Å². The fourth-order valence-corrected chi connectivity index (χ4v) is 2.70. The Morgan fingerprint density at radius 2 is 2.53 bits per heavy atom. The number of sulfonamides is 1. The zero-order chi connectivity index (χ0) is 12.5. The van der Waals surface area contributed by atoms with Gasteiger partial charge in [0.05, 0.1) is 12.3 Å². The summed E-state index contributed by atoms with van der Waals surface area (Å²) >= 11 is 0. The van der Waals surface area contributed by atoms with Crippen LogP contribution in [0, 0.1) is 0 Å². The molecule has 0 bridgehead atoms. The smallest absolute Gasteiger partial charge is 0.243 e. The molecule has 2 rings (SSSR count). The maximum atomic E-state index is 11.8. The highest BCUT2D eigenvalue weighted by molar-refractivity contribution is 7.89. The lowest BCUT2D eigenvalue weighted by Gasteiger charge is -2.25. The molecule has 1 aliphatic heterocycles. The minimum Gasteiger partial charge on any atom is -0.386 e. The summed E-state index contributed by atoms with van der Waals surface area (Å²) in [7, 11) is -3.63. The first-order valence-corrected chi connectivity index (χ1v) is 6.75. The Morgan fingerprint density at radius 3 is 3.06 bits per heavy atom. The van der Waals surface area contributed by atoms with Crippen LogP contribution in [-0.4, -0.2) is 48.6 Å². The molecule has 0 amide bonds. The van der Waals surface area contributed by atoms with Crippen molar-refractivity contribution in [1.29, 1.82) is 0 Å². The van der Waals surface area contributed by atoms with Crippen LogP contribution in [0.2, 0.25) is 0 Å². The summed E-state index contributed by atoms with van der Waals surface area (Å²) in [6.07, 6.45) is 2.53. The number of ether oxygens (including phenoxy) is 1. The van der Waals surface area contributed by atoms with E-state index in [1.54, 1.807) is 6.92 Å². The van der Waals surface area contributed by atoms with Gasteiger partial charge in [0.2, 0.25) is 10.0 Å². The molecule has 1 saturated heterocycles. The van der Waals surface area contributed by atoms with E-state index >= 15 is 0 Å². The minimum absolute atomic E-state index is 0.0488. The number of aromatic amines is 1. The van der Waals surface area contributed by atoms with Crippen molar-refractivity contribution >= 4 is 10.0 Å². The van der Waals surface area contributed by atoms with Gasteiger partial charge in [-0.25, -0.2) is 13.1 Å². The van der Waals surface area contributed by atoms with Crippen LogP contribution in [0.1, 0.15) is 13.3 Å². The lowest BCUT2D eigenvalue weighted by molar-refractivity contribution is -0.0228. The molecule has 2 heterocycles. The quantitative estimate of drug-likeness (QED) is 0.660. The van der Waals surface area contributed by atoms with E-state index in [-0.39, 0.29) is 17.5 Å². The van der Waals surface area contributed by atoms with Crippen molar-refractivity contribution in [2.24, 2.45) is 0 Å². The predicted molar refractivity (Wildman–Crippen MR) is 58.8 cm³/mol. The summed E-state index contributed by atoms with van der Waals surface area (Å²) in [6.45, 7) is 2.09. The van der Waals surface area contributed by atoms with E-state index in [9.17, 15) is 13.5 Å². The van der Waals surface area contributed by atoms with Crippen molar-refractivity contribution in [3.63, 3.8) is 0 Å². The number of nitrogens with one attached hydrogen (secondary N) is 2. The van der Waals surface area contributed by atoms with Gasteiger partial charge in [-0.1, -0.05) is 0 Å². The van der Waals surface area contributed by atoms with E-state index in [1.807, 2.05) is 0 Å². The third-order valence-corrected chi connectivity index (χ3v) is 4.38. The molecule has 96 valence electrons. The molecule has 2 atom stereocenters. The van der Waals surface area contributed by atoms with Crippen molar-refractivity contribution in [3.05, 3.63) is 12.4 Å². The Balaban J connectivity index is 2.03. The lowest BCUT2D eigenvalue weighted by Crippen LogP contribution is -2.47. The summed E-state index contributed by atoms with van der Waals surface area (Å²) in [4.78, 5) is 0.0488. The maximum absolute atomic E-state index is 11.8. The van der Waals surface area contributed by atoms with Gasteiger partial charge in [0.1, 0.15) is 10.5 Å². The van der Waals surface area contributed by atoms with Gasteiger partial charge in [-0.15, -0.1) is 0 Å². The third-order valence-electron chi connectivity index (χ3n) is 3.01. The molecule has 17 heavy (non-hydrogen) atoms. The number of rotatable bonds is 4. The number of hydrogen-bond acceptors (Lipinski definition) is 5. The Morgan fingerprint density at radius 1 is 1.76 bits per heavy atom. The zero-order valence-corrected chi connectivity index (χ0v) is 10.2. The van der Waals surface area contributed by atoms with Gasteiger partial charge in [-0.05, 0) is 6.92 Å². The Labute approximate surface area is 99.2 Å². The Hall–Kier alpha value is -0.960. The molecule has 1 aliphatic rings. The number of H-pyrrole nitrogens is 1. The van der Waals surface area contributed by atoms with Crippen LogP contribution in [0.4, 0.5) is 0 Å². The molecule has 0 saturated carbocycles. The topological polar surface area (TPSA) is 104 Å². The van der Waals surface area contributed by atoms with Crippen LogP contribution in [-0.2, 0) is 14.8 Å². The zero-order valence-electron chi connectivity index (χ0n) is 9.38. The van der Waals surface area contributed by atoms with Crippen LogP contribution >= 0.6 is 0 Å². The molecule has 8 heteroatoms. The van der Waals surface area contributed by atoms with Crippen LogP contribution in [0.3, 0.4) is 0 Å². The van der Waals surface area contributed by atoms with E-state index in [2.05, 4.69) is 14.9 Å². The second-order valence-corrected chi connectivity index (χ2v) is 5.89. The highest BCUT2D eigenvalue weighted by Crippen LogP contribution is 2.25. The van der Waals surface area contributed by atoms with E-state index in [0.29, 0.717) is 13.0 Å². The van der Waals surface area contributed by atoms with Gasteiger partial charge in [0, 0.05) is 25.8 Å². The summed E-state index contributed by atoms with van der Waals surface area (Å²) in [6, 6.07) is 0. The molecule has 2 unspecified atom stereocenters. The molecule has 3 N–H and O–H groups in total. The predicted octanol–water partition coefficient (Wildman–Crippen LogP) is -0.772. The molecule has 1 fully saturated rings. The van der Waals surface area contributed by atoms with Gasteiger partial charge in [0.15, 0.2) is 0 Å². The van der Waals surface area contributed by atoms with Gasteiger partial charge >= 0.3 is 0 Å². The average Bonchev–Trinajstić information content (AvgIpc) is 2.88. The first kappa shape index (κ1) is 12.5. The molecular formula is C9H15N3O4S. The molecule has 7 nitrogen and oxygen atoms in total. The largest absolute Gasteiger partial charge is 0.386 e. The van der Waals surface area contributed by atoms with E-state index in [1.165, 1.54) is 12.4 Å². The number of aliphatic hydroxyl groups is 1. The second kappa shape index (κ2) is 4.37. The Bertz CT molecular complexity index is 472. The first-order chi connectivity index (χ1) is 7.94. The second-order valence-electron chi connectivity index (χ2n) is 4.13. The maximum Gasteiger partial charge on any atom is 0.243 e. The highest BCUT2D eigenvalue weighted by Gasteiger charge is 2.40. The summed E-state index contributed by atoms with van der Waals surface area (Å²) in [5, 5.41) is 16.1. The van der Waals surface area contributed by atoms with Crippen LogP contribution < -0.4 is 4.72 Å². The van der Waals surface area contributed by atoms with Gasteiger partial charge in [-0.3, -0.25) is 5.10 Å². The summed E-state index contributed by atoms with van der Waals surface area (Å²) in [5.41, 5.74) is -1.14. The Kier molecular flexibility index (Phi) is 3.21. The number of hydrogen-bond donors (Lipinski definition) is 3. The van der Waals surface area contributed by atoms with Crippen molar-refractivity contribution in [1.82, 2.24) is 14.9 Å². The molecule has 1 aromatic heterocycles. The highest BCUT2D eigenvalue weighted by atomic mass is 32.2. The molecule has 0 spiro atoms. The van der Waals surface area contributed by atoms with Gasteiger partial charge in [0.25, 0.3) is 0 Å². The fraction of sp³-hybridized carbons (Fsp3) is 0.667. The molecular weight excluding hydrogens is 246 g/mol. The number of nitrogens with zero attached hydrogens (tertiary/aromatic N) is 1. The fourth-order valence-electron chi connectivity index (χ4n) is 1.69. The van der Waals surface area contributed by atoms with Gasteiger partial charge < -0.3 is 9.84 Å². The van der Waals surface area contributed by atoms with Crippen molar-refractivity contribution < 1.29 is 18.3 Å². The average molecular weight is 261 g/mol. The number of aromatic nitrogens is 2. The third kappa shape index (κ3) is 2.49. The molecule has 0 aromatic carbocycles. The first-order valence-electron chi connectivity index (χ1n) is 5.26. The summed E-state index contributed by atoms with van der Waals surface area (Å²) < 4.78 is 31.1. The van der Waals surface area contributed by atoms with E-state index in [4.69, 9.17) is 4.74 Å². The SMILES string of the molecule is CC1OCCC1(O)CNS(=O)(=O)c1cn[nH]c1. The van der Waals surface area contributed by atoms with Crippen LogP contribution in [0.5, 0.6) is 0 Å². The monoisotopic (exact) mass is 261 g/mol. The van der Waals surface area contributed by atoms with E-state index in [0.717, 1.165) is 0 Å². The van der Waals surface area contributed by atoms with Crippen molar-refractivity contribution in [3.8, 4) is 0 Å². The normalized spacial score (nSPS) is 29.6. The van der Waals surface area contributed by atoms with Crippen LogP contribution in [0.15, 0.2) is 17.3 Å². The molecule has 0 aliphatic carbocycles. The van der Waals surface area contributed by atoms with Gasteiger partial charge in [-0.2, -0.15) is 5.10 Å². The lowest BCUT2D eigenvalue weighted by atomic mass is 9.97.